The van der Waals surface area contributed by atoms with Gasteiger partial charge in [-0.15, -0.1) is 0 Å². The van der Waals surface area contributed by atoms with Gasteiger partial charge in [-0.1, -0.05) is 0 Å². The van der Waals surface area contributed by atoms with Crippen molar-refractivity contribution in [2.45, 2.75) is 38.3 Å². The fraction of sp³-hybridized carbons (Fsp3) is 1.00. The molecule has 0 spiro atoms. The van der Waals surface area contributed by atoms with E-state index in [1.807, 2.05) is 0 Å². The van der Waals surface area contributed by atoms with Crippen LogP contribution in [0, 0.1) is 5.92 Å². The van der Waals surface area contributed by atoms with Gasteiger partial charge in [-0.25, -0.2) is 0 Å². The van der Waals surface area contributed by atoms with E-state index in [1.165, 1.54) is 12.8 Å². The summed E-state index contributed by atoms with van der Waals surface area (Å²) in [7, 11) is 0. The topological polar surface area (TPSA) is 24.1 Å². The minimum Gasteiger partial charge on any atom is -0.317 e. The number of unbranched alkanes of at least 4 members (excludes halogenated alkanes) is 1. The molecule has 0 unspecified atom stereocenters. The van der Waals surface area contributed by atoms with E-state index in [-0.39, 0.29) is 6.42 Å². The van der Waals surface area contributed by atoms with Gasteiger partial charge in [0, 0.05) is 6.42 Å². The summed E-state index contributed by atoms with van der Waals surface area (Å²) in [4.78, 5) is 0. The molecule has 5 heteroatoms. The Morgan fingerprint density at radius 3 is 2.44 bits per heavy atom. The Hall–Kier alpha value is -0.290. The lowest BCUT2D eigenvalue weighted by molar-refractivity contribution is -0.135. The average Bonchev–Trinajstić information content (AvgIpc) is 2.23. The van der Waals surface area contributed by atoms with Gasteiger partial charge in [0.05, 0.1) is 0 Å². The lowest BCUT2D eigenvalue weighted by atomic mass is 9.98. The summed E-state index contributed by atoms with van der Waals surface area (Å²) in [5.74, 6) is 0.698. The number of alkyl halides is 3. The Morgan fingerprint density at radius 2 is 1.81 bits per heavy atom. The standard InChI is InChI=1S/C11H21F3N2/c12-11(13,14)5-1-2-6-16-9-10-3-7-15-8-4-10/h10,15-16H,1-9H2. The molecule has 0 bridgehead atoms. The molecule has 1 rings (SSSR count). The number of halogens is 3. The van der Waals surface area contributed by atoms with Crippen LogP contribution in [-0.4, -0.2) is 32.4 Å². The van der Waals surface area contributed by atoms with Crippen LogP contribution in [0.2, 0.25) is 0 Å². The zero-order chi connectivity index (χ0) is 11.9. The molecule has 0 radical (unpaired) electrons. The van der Waals surface area contributed by atoms with Gasteiger partial charge >= 0.3 is 6.18 Å². The van der Waals surface area contributed by atoms with E-state index in [2.05, 4.69) is 10.6 Å². The maximum atomic E-state index is 11.8. The first-order valence-corrected chi connectivity index (χ1v) is 6.06. The summed E-state index contributed by atoms with van der Waals surface area (Å²) in [5.41, 5.74) is 0. The third kappa shape index (κ3) is 7.06. The van der Waals surface area contributed by atoms with Gasteiger partial charge in [-0.05, 0) is 57.8 Å². The van der Waals surface area contributed by atoms with Crippen LogP contribution in [0.3, 0.4) is 0 Å². The van der Waals surface area contributed by atoms with Crippen molar-refractivity contribution in [3.63, 3.8) is 0 Å². The molecule has 0 amide bonds. The molecule has 2 N–H and O–H groups in total. The summed E-state index contributed by atoms with van der Waals surface area (Å²) in [5, 5.41) is 6.54. The fourth-order valence-corrected chi connectivity index (χ4v) is 1.97. The van der Waals surface area contributed by atoms with Crippen molar-refractivity contribution >= 4 is 0 Å². The molecule has 1 saturated heterocycles. The maximum absolute atomic E-state index is 11.8. The van der Waals surface area contributed by atoms with E-state index in [0.29, 0.717) is 18.9 Å². The molecule has 0 aromatic rings. The Labute approximate surface area is 95.0 Å². The summed E-state index contributed by atoms with van der Waals surface area (Å²) in [6, 6.07) is 0. The highest BCUT2D eigenvalue weighted by Gasteiger charge is 2.25. The molecule has 1 fully saturated rings. The summed E-state index contributed by atoms with van der Waals surface area (Å²) in [6.45, 7) is 3.80. The van der Waals surface area contributed by atoms with Crippen molar-refractivity contribution in [1.82, 2.24) is 10.6 Å². The van der Waals surface area contributed by atoms with Gasteiger partial charge in [-0.2, -0.15) is 13.2 Å². The van der Waals surface area contributed by atoms with Crippen molar-refractivity contribution in [2.24, 2.45) is 5.92 Å². The Bertz CT molecular complexity index is 177. The van der Waals surface area contributed by atoms with Crippen LogP contribution in [-0.2, 0) is 0 Å². The van der Waals surface area contributed by atoms with Crippen molar-refractivity contribution < 1.29 is 13.2 Å². The smallest absolute Gasteiger partial charge is 0.317 e. The largest absolute Gasteiger partial charge is 0.389 e. The molecule has 1 aliphatic heterocycles. The zero-order valence-electron chi connectivity index (χ0n) is 9.58. The molecule has 0 aromatic heterocycles. The highest BCUT2D eigenvalue weighted by Crippen LogP contribution is 2.21. The summed E-state index contributed by atoms with van der Waals surface area (Å²) in [6.07, 6.45) is -1.44. The first-order valence-electron chi connectivity index (χ1n) is 6.06. The van der Waals surface area contributed by atoms with Crippen molar-refractivity contribution in [3.8, 4) is 0 Å². The SMILES string of the molecule is FC(F)(F)CCCCNCC1CCNCC1. The molecule has 96 valence electrons. The molecular formula is C11H21F3N2. The van der Waals surface area contributed by atoms with Crippen molar-refractivity contribution in [2.75, 3.05) is 26.2 Å². The normalized spacial score (nSPS) is 18.9. The molecule has 0 aliphatic carbocycles. The van der Waals surface area contributed by atoms with Crippen molar-refractivity contribution in [1.29, 1.82) is 0 Å². The Morgan fingerprint density at radius 1 is 1.12 bits per heavy atom. The van der Waals surface area contributed by atoms with E-state index in [4.69, 9.17) is 0 Å². The van der Waals surface area contributed by atoms with Crippen LogP contribution in [0.25, 0.3) is 0 Å². The zero-order valence-corrected chi connectivity index (χ0v) is 9.58. The van der Waals surface area contributed by atoms with E-state index in [0.717, 1.165) is 19.6 Å². The predicted octanol–water partition coefficient (Wildman–Crippen LogP) is 2.31. The number of hydrogen-bond acceptors (Lipinski definition) is 2. The lowest BCUT2D eigenvalue weighted by Crippen LogP contribution is -2.33. The lowest BCUT2D eigenvalue weighted by Gasteiger charge is -2.22. The number of piperidine rings is 1. The highest BCUT2D eigenvalue weighted by molar-refractivity contribution is 4.70. The van der Waals surface area contributed by atoms with Crippen LogP contribution in [0.4, 0.5) is 13.2 Å². The van der Waals surface area contributed by atoms with Crippen LogP contribution in [0.15, 0.2) is 0 Å². The van der Waals surface area contributed by atoms with Crippen LogP contribution < -0.4 is 10.6 Å². The van der Waals surface area contributed by atoms with Gasteiger partial charge in [0.2, 0.25) is 0 Å². The van der Waals surface area contributed by atoms with Crippen LogP contribution >= 0.6 is 0 Å². The van der Waals surface area contributed by atoms with E-state index < -0.39 is 12.6 Å². The maximum Gasteiger partial charge on any atom is 0.389 e. The molecule has 2 nitrogen and oxygen atoms in total. The second-order valence-corrected chi connectivity index (χ2v) is 4.47. The fourth-order valence-electron chi connectivity index (χ4n) is 1.97. The first-order chi connectivity index (χ1) is 7.58. The molecule has 16 heavy (non-hydrogen) atoms. The number of rotatable bonds is 6. The second-order valence-electron chi connectivity index (χ2n) is 4.47. The average molecular weight is 238 g/mol. The quantitative estimate of drug-likeness (QED) is 0.694. The molecule has 0 saturated carbocycles. The third-order valence-corrected chi connectivity index (χ3v) is 2.96. The molecular weight excluding hydrogens is 217 g/mol. The van der Waals surface area contributed by atoms with Crippen LogP contribution in [0.1, 0.15) is 32.1 Å². The number of hydrogen-bond donors (Lipinski definition) is 2. The van der Waals surface area contributed by atoms with E-state index >= 15 is 0 Å². The minimum absolute atomic E-state index is 0.239. The summed E-state index contributed by atoms with van der Waals surface area (Å²) < 4.78 is 35.5. The predicted molar refractivity (Wildman–Crippen MR) is 58.4 cm³/mol. The first kappa shape index (κ1) is 13.8. The van der Waals surface area contributed by atoms with E-state index in [1.54, 1.807) is 0 Å². The van der Waals surface area contributed by atoms with Gasteiger partial charge in [0.1, 0.15) is 0 Å². The highest BCUT2D eigenvalue weighted by atomic mass is 19.4. The Kier molecular flexibility index (Phi) is 6.13. The minimum atomic E-state index is -3.99. The third-order valence-electron chi connectivity index (χ3n) is 2.96. The van der Waals surface area contributed by atoms with Crippen LogP contribution in [0.5, 0.6) is 0 Å². The molecule has 0 aromatic carbocycles. The summed E-state index contributed by atoms with van der Waals surface area (Å²) >= 11 is 0. The van der Waals surface area contributed by atoms with Gasteiger partial charge in [-0.3, -0.25) is 0 Å². The van der Waals surface area contributed by atoms with E-state index in [9.17, 15) is 13.2 Å². The second kappa shape index (κ2) is 7.12. The molecule has 1 heterocycles. The monoisotopic (exact) mass is 238 g/mol. The number of nitrogens with one attached hydrogen (secondary N) is 2. The molecule has 0 atom stereocenters. The van der Waals surface area contributed by atoms with Crippen molar-refractivity contribution in [3.05, 3.63) is 0 Å². The van der Waals surface area contributed by atoms with Gasteiger partial charge in [0.15, 0.2) is 0 Å². The Balaban J connectivity index is 1.87. The van der Waals surface area contributed by atoms with Gasteiger partial charge < -0.3 is 10.6 Å². The molecule has 1 aliphatic rings. The van der Waals surface area contributed by atoms with Gasteiger partial charge in [0.25, 0.3) is 0 Å².